The van der Waals surface area contributed by atoms with Gasteiger partial charge in [-0.25, -0.2) is 61.4 Å². The van der Waals surface area contributed by atoms with E-state index in [2.05, 4.69) is 9.98 Å². The third-order valence-electron chi connectivity index (χ3n) is 3.13. The van der Waals surface area contributed by atoms with Gasteiger partial charge in [0.15, 0.2) is 0 Å². The van der Waals surface area contributed by atoms with Gasteiger partial charge in [-0.2, -0.15) is 36.4 Å². The molecule has 164 valence electrons. The summed E-state index contributed by atoms with van der Waals surface area (Å²) in [6.45, 7) is 0. The summed E-state index contributed by atoms with van der Waals surface area (Å²) in [4.78, 5) is 25.2. The van der Waals surface area contributed by atoms with E-state index in [4.69, 9.17) is 0 Å². The van der Waals surface area contributed by atoms with E-state index in [1.807, 2.05) is 60.7 Å². The largest absolute Gasteiger partial charge is 4.00 e. The molecule has 0 radical (unpaired) electrons. The summed E-state index contributed by atoms with van der Waals surface area (Å²) in [5.41, 5.74) is -0.525. The average Bonchev–Trinajstić information content (AvgIpc) is 3.52. The van der Waals surface area contributed by atoms with Crippen LogP contribution in [0.15, 0.2) is 94.9 Å². The van der Waals surface area contributed by atoms with Crippen molar-refractivity contribution in [2.75, 3.05) is 0 Å². The second-order valence-corrected chi connectivity index (χ2v) is 5.34. The minimum Gasteiger partial charge on any atom is -0.236 e. The molecule has 0 bridgehead atoms. The number of nitrogens with zero attached hydrogens (tertiary/aromatic N) is 2. The summed E-state index contributed by atoms with van der Waals surface area (Å²) in [6.07, 6.45) is 2.27. The summed E-state index contributed by atoms with van der Waals surface area (Å²) in [5, 5.41) is 0. The number of benzene rings is 2. The molecule has 33 heavy (non-hydrogen) atoms. The van der Waals surface area contributed by atoms with Crippen molar-refractivity contribution in [1.82, 2.24) is 0 Å². The quantitative estimate of drug-likeness (QED) is 0.110. The van der Waals surface area contributed by atoms with Crippen molar-refractivity contribution in [3.8, 4) is 0 Å². The van der Waals surface area contributed by atoms with Crippen LogP contribution in [0.5, 0.6) is 0 Å². The fourth-order valence-electron chi connectivity index (χ4n) is 1.78. The molecule has 0 atom stereocenters. The Kier molecular flexibility index (Phi) is 16.0. The maximum absolute atomic E-state index is 12.5. The van der Waals surface area contributed by atoms with Crippen LogP contribution in [0.1, 0.15) is 0 Å². The predicted octanol–water partition coefficient (Wildman–Crippen LogP) is 6.27. The van der Waals surface area contributed by atoms with E-state index in [1.54, 1.807) is 12.1 Å². The van der Waals surface area contributed by atoms with E-state index in [1.165, 1.54) is 0 Å². The topological polar surface area (TPSA) is 58.9 Å². The maximum atomic E-state index is 12.5. The first-order chi connectivity index (χ1) is 15.5. The van der Waals surface area contributed by atoms with Crippen LogP contribution in [-0.4, -0.2) is 12.2 Å². The molecule has 0 fully saturated rings. The Morgan fingerprint density at radius 3 is 1.18 bits per heavy atom. The van der Waals surface area contributed by atoms with Gasteiger partial charge >= 0.3 is 21.7 Å². The van der Waals surface area contributed by atoms with Gasteiger partial charge in [-0.05, 0) is 0 Å². The van der Waals surface area contributed by atoms with Gasteiger partial charge in [-0.15, -0.1) is 36.4 Å². The van der Waals surface area contributed by atoms with Crippen molar-refractivity contribution >= 4 is 23.5 Å². The smallest absolute Gasteiger partial charge is 0.236 e. The van der Waals surface area contributed by atoms with Gasteiger partial charge in [0.05, 0.1) is 0 Å². The third kappa shape index (κ3) is 13.4. The fourth-order valence-corrected chi connectivity index (χ4v) is 1.78. The molecule has 0 aliphatic rings. The number of rotatable bonds is 2. The minimum absolute atomic E-state index is 0. The normalized spacial score (nSPS) is 8.36. The molecule has 0 aromatic heterocycles. The minimum atomic E-state index is -0.992. The summed E-state index contributed by atoms with van der Waals surface area (Å²) in [5.74, 6) is -3.64. The molecule has 4 nitrogen and oxygen atoms in total. The van der Waals surface area contributed by atoms with Crippen LogP contribution in [0.4, 0.5) is 28.9 Å². The van der Waals surface area contributed by atoms with Crippen molar-refractivity contribution < 1.29 is 48.9 Å². The molecule has 0 N–H and O–H groups in total. The Labute approximate surface area is 202 Å². The Morgan fingerprint density at radius 1 is 0.636 bits per heavy atom. The first-order valence-corrected chi connectivity index (χ1v) is 8.71. The Balaban J connectivity index is 0.000000434. The molecule has 4 rings (SSSR count). The molecular weight excluding hydrogens is 472 g/mol. The molecule has 0 unspecified atom stereocenters. The van der Waals surface area contributed by atoms with Crippen LogP contribution in [0.2, 0.25) is 0 Å². The van der Waals surface area contributed by atoms with E-state index >= 15 is 0 Å². The second kappa shape index (κ2) is 18.0. The molecule has 0 aliphatic carbocycles. The number of carbonyl (C=O) groups excluding carboxylic acids is 2. The molecule has 4 aromatic carbocycles. The third-order valence-corrected chi connectivity index (χ3v) is 3.13. The average molecular weight is 486 g/mol. The van der Waals surface area contributed by atoms with Crippen molar-refractivity contribution in [3.63, 3.8) is 0 Å². The van der Waals surface area contributed by atoms with Gasteiger partial charge in [0.25, 0.3) is 0 Å². The first kappa shape index (κ1) is 29.3. The number of hydrogen-bond acceptors (Lipinski definition) is 4. The standard InChI is InChI=1S/2C7H2F2NO.2C5H5.Ti/c2*8-5-1-2-7(10-4-11)6(9)3-5;2*1-2-4-5-3-1;/h2*1-2H;2*1-5H;/q4*-1;+4. The van der Waals surface area contributed by atoms with E-state index < -0.39 is 23.3 Å². The van der Waals surface area contributed by atoms with E-state index in [0.29, 0.717) is 0 Å². The number of halogens is 4. The van der Waals surface area contributed by atoms with Crippen LogP contribution in [0.3, 0.4) is 0 Å². The zero-order chi connectivity index (χ0) is 23.6. The molecule has 4 aromatic rings. The van der Waals surface area contributed by atoms with E-state index in [-0.39, 0.29) is 33.1 Å². The van der Waals surface area contributed by atoms with Crippen molar-refractivity contribution in [1.29, 1.82) is 0 Å². The van der Waals surface area contributed by atoms with Crippen LogP contribution in [0, 0.1) is 35.4 Å². The van der Waals surface area contributed by atoms with Crippen LogP contribution in [0.25, 0.3) is 0 Å². The second-order valence-electron chi connectivity index (χ2n) is 5.34. The first-order valence-electron chi connectivity index (χ1n) is 8.71. The van der Waals surface area contributed by atoms with E-state index in [0.717, 1.165) is 36.4 Å². The molecule has 0 saturated carbocycles. The van der Waals surface area contributed by atoms with Crippen molar-refractivity contribution in [2.24, 2.45) is 9.98 Å². The fraction of sp³-hybridized carbons (Fsp3) is 0. The number of hydrogen-bond donors (Lipinski definition) is 0. The SMILES string of the molecule is O=C=Nc1ccc(F)[c-]c1F.O=C=Nc1ccc(F)[c-]c1F.[Ti+4].c1cc[cH-]c1.c1cc[cH-]c1. The Bertz CT molecular complexity index is 1010. The monoisotopic (exact) mass is 486 g/mol. The zero-order valence-corrected chi connectivity index (χ0v) is 18.4. The van der Waals surface area contributed by atoms with Crippen molar-refractivity contribution in [2.45, 2.75) is 0 Å². The Hall–Kier alpha value is -3.67. The van der Waals surface area contributed by atoms with Gasteiger partial charge in [0, 0.05) is 34.6 Å². The van der Waals surface area contributed by atoms with E-state index in [9.17, 15) is 27.2 Å². The van der Waals surface area contributed by atoms with Gasteiger partial charge < -0.3 is 0 Å². The number of isocyanates is 2. The van der Waals surface area contributed by atoms with Crippen LogP contribution in [-0.2, 0) is 31.3 Å². The molecule has 0 spiro atoms. The summed E-state index contributed by atoms with van der Waals surface area (Å²) >= 11 is 0. The predicted molar refractivity (Wildman–Crippen MR) is 110 cm³/mol. The van der Waals surface area contributed by atoms with Gasteiger partial charge in [-0.1, -0.05) is 0 Å². The molecule has 9 heteroatoms. The molecule has 0 aliphatic heterocycles. The van der Waals surface area contributed by atoms with Crippen LogP contribution >= 0.6 is 0 Å². The van der Waals surface area contributed by atoms with Crippen LogP contribution < -0.4 is 0 Å². The summed E-state index contributed by atoms with van der Waals surface area (Å²) in [7, 11) is 0. The Morgan fingerprint density at radius 2 is 0.970 bits per heavy atom. The maximum Gasteiger partial charge on any atom is 4.00 e. The molecule has 0 amide bonds. The number of aliphatic imine (C=N–C) groups is 2. The molecule has 0 saturated heterocycles. The molecular formula is C24H14F4N2O2Ti. The molecule has 0 heterocycles. The zero-order valence-electron chi connectivity index (χ0n) is 16.8. The summed E-state index contributed by atoms with van der Waals surface area (Å²) in [6, 6.07) is 27.4. The van der Waals surface area contributed by atoms with Gasteiger partial charge in [-0.3, -0.25) is 0 Å². The van der Waals surface area contributed by atoms with Gasteiger partial charge in [0.2, 0.25) is 12.2 Å². The van der Waals surface area contributed by atoms with Gasteiger partial charge in [0.1, 0.15) is 0 Å². The van der Waals surface area contributed by atoms with Crippen molar-refractivity contribution in [3.05, 3.63) is 120 Å². The summed E-state index contributed by atoms with van der Waals surface area (Å²) < 4.78 is 49.2.